The van der Waals surface area contributed by atoms with Crippen LogP contribution in [0.25, 0.3) is 0 Å². The van der Waals surface area contributed by atoms with Crippen LogP contribution in [0.5, 0.6) is 0 Å². The number of carbonyl (C=O) groups excluding carboxylic acids is 1. The second-order valence-electron chi connectivity index (χ2n) is 11.8. The Morgan fingerprint density at radius 2 is 1.77 bits per heavy atom. The lowest BCUT2D eigenvalue weighted by atomic mass is 9.85. The molecule has 194 valence electrons. The lowest BCUT2D eigenvalue weighted by Gasteiger charge is -2.47. The molecule has 0 unspecified atom stereocenters. The van der Waals surface area contributed by atoms with Crippen molar-refractivity contribution in [3.63, 3.8) is 0 Å². The lowest BCUT2D eigenvalue weighted by molar-refractivity contribution is -0.0971. The largest absolute Gasteiger partial charge is 0.328 e. The SMILES string of the molecule is Cc1cccc([C@@H]2C[C@@H]3CN(C(=O)N[C@@H]4[C@@H](N5CCN(C(C)C)CC5)CCCC4(F)F)C[C@@H]3C2)c1. The molecule has 35 heavy (non-hydrogen) atoms. The van der Waals surface area contributed by atoms with Crippen molar-refractivity contribution in [1.82, 2.24) is 20.0 Å². The zero-order valence-corrected chi connectivity index (χ0v) is 21.6. The third-order valence-corrected chi connectivity index (χ3v) is 9.23. The Bertz CT molecular complexity index is 887. The van der Waals surface area contributed by atoms with Gasteiger partial charge < -0.3 is 10.2 Å². The maximum atomic E-state index is 15.2. The predicted molar refractivity (Wildman–Crippen MR) is 135 cm³/mol. The monoisotopic (exact) mass is 488 g/mol. The lowest BCUT2D eigenvalue weighted by Crippen LogP contribution is -2.65. The van der Waals surface area contributed by atoms with E-state index in [-0.39, 0.29) is 18.5 Å². The summed E-state index contributed by atoms with van der Waals surface area (Å²) in [7, 11) is 0. The van der Waals surface area contributed by atoms with Gasteiger partial charge in [-0.25, -0.2) is 13.6 Å². The molecule has 7 heteroatoms. The van der Waals surface area contributed by atoms with Crippen molar-refractivity contribution in [2.45, 2.75) is 82.8 Å². The first-order chi connectivity index (χ1) is 16.7. The first-order valence-corrected chi connectivity index (χ1v) is 13.7. The number of alkyl halides is 2. The van der Waals surface area contributed by atoms with Crippen molar-refractivity contribution in [2.24, 2.45) is 11.8 Å². The van der Waals surface area contributed by atoms with E-state index in [0.29, 0.717) is 43.3 Å². The van der Waals surface area contributed by atoms with Crippen LogP contribution in [0.15, 0.2) is 24.3 Å². The molecule has 5 rings (SSSR count). The third-order valence-electron chi connectivity index (χ3n) is 9.23. The smallest absolute Gasteiger partial charge is 0.317 e. The van der Waals surface area contributed by atoms with Gasteiger partial charge in [0.15, 0.2) is 0 Å². The van der Waals surface area contributed by atoms with Crippen molar-refractivity contribution < 1.29 is 13.6 Å². The van der Waals surface area contributed by atoms with E-state index >= 15 is 8.78 Å². The van der Waals surface area contributed by atoms with Gasteiger partial charge in [0, 0.05) is 57.8 Å². The van der Waals surface area contributed by atoms with Crippen LogP contribution >= 0.6 is 0 Å². The van der Waals surface area contributed by atoms with Crippen molar-refractivity contribution >= 4 is 6.03 Å². The number of likely N-dealkylation sites (tertiary alicyclic amines) is 1. The molecule has 1 aromatic carbocycles. The van der Waals surface area contributed by atoms with Gasteiger partial charge in [-0.05, 0) is 69.8 Å². The van der Waals surface area contributed by atoms with E-state index in [1.807, 2.05) is 4.90 Å². The minimum absolute atomic E-state index is 0.135. The third kappa shape index (κ3) is 5.22. The fraction of sp³-hybridized carbons (Fsp3) is 0.750. The summed E-state index contributed by atoms with van der Waals surface area (Å²) in [5.74, 6) is -1.37. The topological polar surface area (TPSA) is 38.8 Å². The number of rotatable bonds is 4. The van der Waals surface area contributed by atoms with Gasteiger partial charge in [0.2, 0.25) is 0 Å². The number of halogens is 2. The maximum Gasteiger partial charge on any atom is 0.317 e. The van der Waals surface area contributed by atoms with Crippen LogP contribution in [0.1, 0.15) is 63.0 Å². The maximum absolute atomic E-state index is 15.2. The highest BCUT2D eigenvalue weighted by Gasteiger charge is 2.51. The molecular formula is C28H42F2N4O. The standard InChI is InChI=1S/C28H42F2N4O/c1-19(2)32-10-12-33(13-11-32)25-8-5-9-28(29,30)26(25)31-27(35)34-17-23-15-22(16-24(23)18-34)21-7-4-6-20(3)14-21/h4,6-7,14,19,22-26H,5,8-13,15-18H2,1-3H3,(H,31,35)/t22-,23-,24+,25-,26+/m0/s1. The second kappa shape index (κ2) is 9.97. The van der Waals surface area contributed by atoms with Crippen LogP contribution in [-0.2, 0) is 0 Å². The van der Waals surface area contributed by atoms with E-state index < -0.39 is 12.0 Å². The number of fused-ring (bicyclic) bond motifs is 1. The molecule has 1 N–H and O–H groups in total. The van der Waals surface area contributed by atoms with Gasteiger partial charge in [-0.15, -0.1) is 0 Å². The minimum atomic E-state index is -2.86. The first-order valence-electron chi connectivity index (χ1n) is 13.7. The number of urea groups is 1. The summed E-state index contributed by atoms with van der Waals surface area (Å²) in [5, 5.41) is 2.85. The summed E-state index contributed by atoms with van der Waals surface area (Å²) in [5.41, 5.74) is 2.69. The Balaban J connectivity index is 1.20. The molecule has 5 atom stereocenters. The molecule has 0 spiro atoms. The molecule has 5 nitrogen and oxygen atoms in total. The number of benzene rings is 1. The van der Waals surface area contributed by atoms with Gasteiger partial charge in [-0.2, -0.15) is 0 Å². The first kappa shape index (κ1) is 24.9. The Morgan fingerprint density at radius 3 is 2.40 bits per heavy atom. The van der Waals surface area contributed by atoms with Crippen molar-refractivity contribution in [3.8, 4) is 0 Å². The van der Waals surface area contributed by atoms with Gasteiger partial charge >= 0.3 is 6.03 Å². The fourth-order valence-corrected chi connectivity index (χ4v) is 7.22. The summed E-state index contributed by atoms with van der Waals surface area (Å²) in [6.07, 6.45) is 3.28. The molecule has 2 saturated carbocycles. The molecular weight excluding hydrogens is 446 g/mol. The molecule has 2 saturated heterocycles. The molecule has 2 amide bonds. The van der Waals surface area contributed by atoms with Gasteiger partial charge in [-0.3, -0.25) is 9.80 Å². The van der Waals surface area contributed by atoms with Gasteiger partial charge in [0.05, 0.1) is 0 Å². The zero-order chi connectivity index (χ0) is 24.7. The molecule has 1 aromatic rings. The van der Waals surface area contributed by atoms with Crippen molar-refractivity contribution in [1.29, 1.82) is 0 Å². The van der Waals surface area contributed by atoms with Crippen molar-refractivity contribution in [2.75, 3.05) is 39.3 Å². The zero-order valence-electron chi connectivity index (χ0n) is 21.6. The second-order valence-corrected chi connectivity index (χ2v) is 11.8. The quantitative estimate of drug-likeness (QED) is 0.667. The number of amides is 2. The number of nitrogens with zero attached hydrogens (tertiary/aromatic N) is 3. The average Bonchev–Trinajstić information content (AvgIpc) is 3.40. The summed E-state index contributed by atoms with van der Waals surface area (Å²) in [6.45, 7) is 11.3. The van der Waals surface area contributed by atoms with E-state index in [1.54, 1.807) is 0 Å². The number of carbonyl (C=O) groups is 1. The van der Waals surface area contributed by atoms with E-state index in [9.17, 15) is 4.79 Å². The molecule has 2 heterocycles. The fourth-order valence-electron chi connectivity index (χ4n) is 7.22. The van der Waals surface area contributed by atoms with Crippen molar-refractivity contribution in [3.05, 3.63) is 35.4 Å². The Hall–Kier alpha value is -1.73. The molecule has 4 fully saturated rings. The molecule has 2 aliphatic heterocycles. The van der Waals surface area contributed by atoms with E-state index in [1.165, 1.54) is 11.1 Å². The van der Waals surface area contributed by atoms with E-state index in [0.717, 1.165) is 45.4 Å². The number of hydrogen-bond acceptors (Lipinski definition) is 3. The highest BCUT2D eigenvalue weighted by molar-refractivity contribution is 5.75. The number of aryl methyl sites for hydroxylation is 1. The molecule has 0 bridgehead atoms. The summed E-state index contributed by atoms with van der Waals surface area (Å²) < 4.78 is 30.3. The normalized spacial score (nSPS) is 33.8. The van der Waals surface area contributed by atoms with Crippen LogP contribution in [0.2, 0.25) is 0 Å². The number of nitrogens with one attached hydrogen (secondary N) is 1. The summed E-state index contributed by atoms with van der Waals surface area (Å²) in [4.78, 5) is 19.7. The van der Waals surface area contributed by atoms with Crippen LogP contribution in [0.3, 0.4) is 0 Å². The Morgan fingerprint density at radius 1 is 1.09 bits per heavy atom. The van der Waals surface area contributed by atoms with Gasteiger partial charge in [-0.1, -0.05) is 29.8 Å². The Kier molecular flexibility index (Phi) is 7.10. The minimum Gasteiger partial charge on any atom is -0.328 e. The van der Waals surface area contributed by atoms with E-state index in [4.69, 9.17) is 0 Å². The number of piperazine rings is 1. The van der Waals surface area contributed by atoms with Crippen LogP contribution in [0.4, 0.5) is 13.6 Å². The van der Waals surface area contributed by atoms with Gasteiger partial charge in [0.1, 0.15) is 6.04 Å². The summed E-state index contributed by atoms with van der Waals surface area (Å²) in [6, 6.07) is 7.55. The molecule has 0 radical (unpaired) electrons. The van der Waals surface area contributed by atoms with Crippen LogP contribution < -0.4 is 5.32 Å². The van der Waals surface area contributed by atoms with Gasteiger partial charge in [0.25, 0.3) is 5.92 Å². The average molecular weight is 489 g/mol. The molecule has 0 aromatic heterocycles. The molecule has 2 aliphatic carbocycles. The predicted octanol–water partition coefficient (Wildman–Crippen LogP) is 4.71. The molecule has 4 aliphatic rings. The van der Waals surface area contributed by atoms with Crippen LogP contribution in [-0.4, -0.2) is 84.0 Å². The number of hydrogen-bond donors (Lipinski definition) is 1. The highest BCUT2D eigenvalue weighted by Crippen LogP contribution is 2.46. The van der Waals surface area contributed by atoms with E-state index in [2.05, 4.69) is 60.2 Å². The summed E-state index contributed by atoms with van der Waals surface area (Å²) >= 11 is 0. The van der Waals surface area contributed by atoms with Crippen LogP contribution in [0, 0.1) is 18.8 Å². The Labute approximate surface area is 209 Å². The highest BCUT2D eigenvalue weighted by atomic mass is 19.3.